The Morgan fingerprint density at radius 3 is 2.44 bits per heavy atom. The molecule has 0 saturated carbocycles. The highest BCUT2D eigenvalue weighted by molar-refractivity contribution is 7.14. The van der Waals surface area contributed by atoms with E-state index in [1.807, 2.05) is 45.1 Å². The second-order valence-corrected chi connectivity index (χ2v) is 8.61. The second-order valence-electron chi connectivity index (χ2n) is 7.56. The molecule has 0 aliphatic rings. The predicted molar refractivity (Wildman–Crippen MR) is 134 cm³/mol. The summed E-state index contributed by atoms with van der Waals surface area (Å²) < 4.78 is 13.2. The molecule has 2 aromatic rings. The van der Waals surface area contributed by atoms with Crippen molar-refractivity contribution in [3.05, 3.63) is 80.8 Å². The van der Waals surface area contributed by atoms with E-state index in [2.05, 4.69) is 17.2 Å². The molecule has 0 aliphatic carbocycles. The first-order chi connectivity index (χ1) is 15.2. The van der Waals surface area contributed by atoms with E-state index < -0.39 is 0 Å². The molecule has 2 N–H and O–H groups in total. The average molecular weight is 453 g/mol. The zero-order chi connectivity index (χ0) is 23.8. The molecule has 1 aromatic heterocycles. The number of halogens is 1. The first kappa shape index (κ1) is 25.0. The molecule has 2 amide bonds. The highest BCUT2D eigenvalue weighted by Crippen LogP contribution is 2.36. The number of carbonyl (C=O) groups is 2. The smallest absolute Gasteiger partial charge is 0.253 e. The van der Waals surface area contributed by atoms with Crippen LogP contribution in [0.3, 0.4) is 0 Å². The second kappa shape index (κ2) is 11.4. The maximum atomic E-state index is 13.2. The molecule has 168 valence electrons. The fraction of sp³-hybridized carbons (Fsp3) is 0.231. The molecule has 32 heavy (non-hydrogen) atoms. The minimum Gasteiger partial charge on any atom is -0.355 e. The Balaban J connectivity index is 2.54. The molecule has 0 atom stereocenters. The number of allylic oxidation sites excluding steroid dienone is 4. The van der Waals surface area contributed by atoms with E-state index in [0.29, 0.717) is 11.1 Å². The maximum Gasteiger partial charge on any atom is 0.253 e. The van der Waals surface area contributed by atoms with Crippen LogP contribution in [0.5, 0.6) is 0 Å². The minimum absolute atomic E-state index is 0.0449. The third-order valence-corrected chi connectivity index (χ3v) is 5.88. The van der Waals surface area contributed by atoms with Crippen LogP contribution in [-0.2, 0) is 0 Å². The molecule has 0 radical (unpaired) electrons. The van der Waals surface area contributed by atoms with E-state index in [-0.39, 0.29) is 23.7 Å². The van der Waals surface area contributed by atoms with Gasteiger partial charge in [-0.3, -0.25) is 9.59 Å². The van der Waals surface area contributed by atoms with Crippen molar-refractivity contribution in [2.24, 2.45) is 0 Å². The fourth-order valence-electron chi connectivity index (χ4n) is 3.03. The number of thiophene rings is 1. The molecule has 0 spiro atoms. The van der Waals surface area contributed by atoms with Crippen molar-refractivity contribution in [3.8, 4) is 0 Å². The van der Waals surface area contributed by atoms with E-state index in [9.17, 15) is 14.0 Å². The molecule has 0 aliphatic heterocycles. The first-order valence-corrected chi connectivity index (χ1v) is 11.1. The number of hydrogen-bond acceptors (Lipinski definition) is 3. The minimum atomic E-state index is -0.312. The number of hydrogen-bond donors (Lipinski definition) is 2. The van der Waals surface area contributed by atoms with Crippen LogP contribution in [0, 0.1) is 0 Å². The van der Waals surface area contributed by atoms with E-state index in [1.54, 1.807) is 31.3 Å². The highest BCUT2D eigenvalue weighted by atomic mass is 32.1. The lowest BCUT2D eigenvalue weighted by Gasteiger charge is -2.08. The van der Waals surface area contributed by atoms with Gasteiger partial charge in [0.25, 0.3) is 11.8 Å². The van der Waals surface area contributed by atoms with Crippen LogP contribution >= 0.6 is 11.3 Å². The van der Waals surface area contributed by atoms with E-state index in [4.69, 9.17) is 0 Å². The Morgan fingerprint density at radius 1 is 1.12 bits per heavy atom. The Bertz CT molecular complexity index is 1100. The van der Waals surface area contributed by atoms with Crippen LogP contribution in [0.2, 0.25) is 0 Å². The van der Waals surface area contributed by atoms with Gasteiger partial charge in [0.15, 0.2) is 0 Å². The quantitative estimate of drug-likeness (QED) is 0.460. The summed E-state index contributed by atoms with van der Waals surface area (Å²) in [5.74, 6) is -0.682. The van der Waals surface area contributed by atoms with Crippen molar-refractivity contribution in [2.75, 3.05) is 7.05 Å². The van der Waals surface area contributed by atoms with Gasteiger partial charge in [-0.15, -0.1) is 11.3 Å². The lowest BCUT2D eigenvalue weighted by molar-refractivity contribution is 0.0940. The van der Waals surface area contributed by atoms with Crippen LogP contribution in [0.4, 0.5) is 4.39 Å². The molecule has 1 heterocycles. The van der Waals surface area contributed by atoms with Crippen molar-refractivity contribution >= 4 is 47.0 Å². The number of amides is 2. The lowest BCUT2D eigenvalue weighted by atomic mass is 10.0. The van der Waals surface area contributed by atoms with Gasteiger partial charge >= 0.3 is 0 Å². The molecule has 4 nitrogen and oxygen atoms in total. The summed E-state index contributed by atoms with van der Waals surface area (Å²) in [6.45, 7) is 10.9. The van der Waals surface area contributed by atoms with Gasteiger partial charge in [-0.05, 0) is 57.0 Å². The summed E-state index contributed by atoms with van der Waals surface area (Å²) in [4.78, 5) is 26.6. The third-order valence-electron chi connectivity index (χ3n) is 4.55. The van der Waals surface area contributed by atoms with Gasteiger partial charge < -0.3 is 10.6 Å². The molecule has 0 unspecified atom stereocenters. The highest BCUT2D eigenvalue weighted by Gasteiger charge is 2.21. The van der Waals surface area contributed by atoms with Crippen molar-refractivity contribution in [1.82, 2.24) is 10.6 Å². The van der Waals surface area contributed by atoms with E-state index in [1.165, 1.54) is 24.3 Å². The van der Waals surface area contributed by atoms with Gasteiger partial charge in [0, 0.05) is 34.0 Å². The van der Waals surface area contributed by atoms with Crippen molar-refractivity contribution in [2.45, 2.75) is 33.7 Å². The SMILES string of the molecule is C=Cc1sc(/C(C)=C/C=C(\C)F)c(C(=O)NC)c1/C=C/c1cccc(C(=O)NC(C)C)c1. The molecular formula is C26H29FN2O2S. The van der Waals surface area contributed by atoms with Gasteiger partial charge in [0.2, 0.25) is 0 Å². The van der Waals surface area contributed by atoms with Gasteiger partial charge in [-0.2, -0.15) is 0 Å². The lowest BCUT2D eigenvalue weighted by Crippen LogP contribution is -2.30. The molecular weight excluding hydrogens is 423 g/mol. The standard InChI is InChI=1S/C26H29FN2O2S/c1-7-22-21(14-13-19-9-8-10-20(15-19)25(30)29-16(2)3)23(26(31)28-6)24(32-22)17(4)11-12-18(5)27/h7-16H,1H2,2-6H3,(H,28,31)(H,29,30)/b14-13+,17-11+,18-12+. The summed E-state index contributed by atoms with van der Waals surface area (Å²) in [6.07, 6.45) is 8.45. The van der Waals surface area contributed by atoms with Crippen LogP contribution in [0.1, 0.15) is 69.3 Å². The van der Waals surface area contributed by atoms with Crippen LogP contribution in [-0.4, -0.2) is 24.9 Å². The zero-order valence-electron chi connectivity index (χ0n) is 19.1. The van der Waals surface area contributed by atoms with Crippen LogP contribution < -0.4 is 10.6 Å². The molecule has 0 saturated heterocycles. The summed E-state index contributed by atoms with van der Waals surface area (Å²) in [5.41, 5.74) is 3.41. The molecule has 0 bridgehead atoms. The van der Waals surface area contributed by atoms with Crippen LogP contribution in [0.15, 0.2) is 48.8 Å². The van der Waals surface area contributed by atoms with E-state index >= 15 is 0 Å². The number of benzene rings is 1. The molecule has 2 rings (SSSR count). The third kappa shape index (κ3) is 6.37. The summed E-state index contributed by atoms with van der Waals surface area (Å²) in [5, 5.41) is 5.57. The monoisotopic (exact) mass is 452 g/mol. The fourth-order valence-corrected chi connectivity index (χ4v) is 4.15. The zero-order valence-corrected chi connectivity index (χ0v) is 19.9. The Hall–Kier alpha value is -3.25. The number of rotatable bonds is 8. The van der Waals surface area contributed by atoms with Crippen LogP contribution in [0.25, 0.3) is 23.8 Å². The molecule has 0 fully saturated rings. The molecule has 1 aromatic carbocycles. The largest absolute Gasteiger partial charge is 0.355 e. The van der Waals surface area contributed by atoms with Gasteiger partial charge in [0.1, 0.15) is 0 Å². The number of carbonyl (C=O) groups excluding carboxylic acids is 2. The molecule has 6 heteroatoms. The topological polar surface area (TPSA) is 58.2 Å². The maximum absolute atomic E-state index is 13.2. The average Bonchev–Trinajstić information content (AvgIpc) is 3.13. The van der Waals surface area contributed by atoms with Gasteiger partial charge in [-0.1, -0.05) is 43.0 Å². The summed E-state index contributed by atoms with van der Waals surface area (Å²) in [6, 6.07) is 7.32. The Kier molecular flexibility index (Phi) is 8.91. The van der Waals surface area contributed by atoms with Gasteiger partial charge in [0.05, 0.1) is 11.4 Å². The normalized spacial score (nSPS) is 12.3. The van der Waals surface area contributed by atoms with E-state index in [0.717, 1.165) is 26.5 Å². The Labute approximate surface area is 193 Å². The van der Waals surface area contributed by atoms with Crippen molar-refractivity contribution < 1.29 is 14.0 Å². The summed E-state index contributed by atoms with van der Waals surface area (Å²) >= 11 is 1.43. The van der Waals surface area contributed by atoms with Crippen molar-refractivity contribution in [3.63, 3.8) is 0 Å². The Morgan fingerprint density at radius 2 is 1.84 bits per heavy atom. The van der Waals surface area contributed by atoms with Gasteiger partial charge in [-0.25, -0.2) is 4.39 Å². The number of nitrogens with one attached hydrogen (secondary N) is 2. The predicted octanol–water partition coefficient (Wildman–Crippen LogP) is 6.34. The first-order valence-electron chi connectivity index (χ1n) is 10.3. The van der Waals surface area contributed by atoms with Crippen molar-refractivity contribution in [1.29, 1.82) is 0 Å². The summed E-state index contributed by atoms with van der Waals surface area (Å²) in [7, 11) is 1.58.